The number of nitrogens with one attached hydrogen (secondary N) is 2. The van der Waals surface area contributed by atoms with Crippen molar-refractivity contribution in [3.63, 3.8) is 0 Å². The van der Waals surface area contributed by atoms with E-state index in [0.717, 1.165) is 0 Å². The molecule has 1 unspecified atom stereocenters. The van der Waals surface area contributed by atoms with Crippen LogP contribution in [0.2, 0.25) is 15.1 Å². The molecule has 0 saturated heterocycles. The van der Waals surface area contributed by atoms with Crippen LogP contribution in [-0.2, 0) is 4.79 Å². The third kappa shape index (κ3) is 5.85. The maximum absolute atomic E-state index is 12.5. The minimum Gasteiger partial charge on any atom is -0.494 e. The van der Waals surface area contributed by atoms with E-state index in [-0.39, 0.29) is 5.91 Å². The summed E-state index contributed by atoms with van der Waals surface area (Å²) in [6.07, 6.45) is -0.834. The first-order chi connectivity index (χ1) is 15.3. The summed E-state index contributed by atoms with van der Waals surface area (Å²) >= 11 is 18.0. The number of benzene rings is 3. The van der Waals surface area contributed by atoms with Crippen LogP contribution in [0.25, 0.3) is 0 Å². The number of hydrogen-bond donors (Lipinski definition) is 2. The van der Waals surface area contributed by atoms with Gasteiger partial charge in [-0.05, 0) is 49.4 Å². The smallest absolute Gasteiger partial charge is 0.265 e. The number of carbonyl (C=O) groups excluding carboxylic acids is 2. The van der Waals surface area contributed by atoms with Gasteiger partial charge in [-0.25, -0.2) is 0 Å². The maximum Gasteiger partial charge on any atom is 0.265 e. The van der Waals surface area contributed by atoms with Crippen molar-refractivity contribution in [2.24, 2.45) is 0 Å². The van der Waals surface area contributed by atoms with Crippen LogP contribution in [-0.4, -0.2) is 25.0 Å². The SMILES string of the molecule is COc1cc(NC(=O)C(C)Oc2ccc(Cl)cc2Cl)ccc1NC(=O)c1ccccc1Cl. The van der Waals surface area contributed by atoms with Crippen molar-refractivity contribution in [3.05, 3.63) is 81.3 Å². The summed E-state index contributed by atoms with van der Waals surface area (Å²) in [5, 5.41) is 6.60. The fraction of sp³-hybridized carbons (Fsp3) is 0.130. The zero-order valence-corrected chi connectivity index (χ0v) is 19.4. The fourth-order valence-electron chi connectivity index (χ4n) is 2.77. The molecule has 0 heterocycles. The largest absolute Gasteiger partial charge is 0.494 e. The molecule has 1 atom stereocenters. The highest BCUT2D eigenvalue weighted by Crippen LogP contribution is 2.30. The summed E-state index contributed by atoms with van der Waals surface area (Å²) in [5.74, 6) is -0.0788. The van der Waals surface area contributed by atoms with Gasteiger partial charge in [0.2, 0.25) is 0 Å². The molecule has 0 aliphatic rings. The van der Waals surface area contributed by atoms with Gasteiger partial charge in [0.15, 0.2) is 6.10 Å². The molecule has 0 saturated carbocycles. The van der Waals surface area contributed by atoms with Crippen molar-refractivity contribution in [2.75, 3.05) is 17.7 Å². The molecular weight excluding hydrogens is 475 g/mol. The van der Waals surface area contributed by atoms with Crippen molar-refractivity contribution >= 4 is 58.0 Å². The second kappa shape index (κ2) is 10.6. The van der Waals surface area contributed by atoms with Gasteiger partial charge in [0.1, 0.15) is 11.5 Å². The third-order valence-corrected chi connectivity index (χ3v) is 5.26. The Balaban J connectivity index is 1.69. The van der Waals surface area contributed by atoms with Crippen molar-refractivity contribution in [3.8, 4) is 11.5 Å². The summed E-state index contributed by atoms with van der Waals surface area (Å²) in [6.45, 7) is 1.59. The first-order valence-electron chi connectivity index (χ1n) is 9.45. The van der Waals surface area contributed by atoms with Crippen LogP contribution in [0.3, 0.4) is 0 Å². The van der Waals surface area contributed by atoms with E-state index >= 15 is 0 Å². The molecule has 6 nitrogen and oxygen atoms in total. The number of rotatable bonds is 7. The Labute approximate surface area is 200 Å². The van der Waals surface area contributed by atoms with Gasteiger partial charge in [0.05, 0.1) is 28.4 Å². The normalized spacial score (nSPS) is 11.4. The van der Waals surface area contributed by atoms with E-state index in [1.807, 2.05) is 0 Å². The quantitative estimate of drug-likeness (QED) is 0.404. The van der Waals surface area contributed by atoms with Crippen molar-refractivity contribution in [1.29, 1.82) is 0 Å². The number of carbonyl (C=O) groups is 2. The Morgan fingerprint density at radius 1 is 0.875 bits per heavy atom. The minimum absolute atomic E-state index is 0.303. The molecular formula is C23H19Cl3N2O4. The first kappa shape index (κ1) is 23.7. The lowest BCUT2D eigenvalue weighted by atomic mass is 10.2. The Kier molecular flexibility index (Phi) is 7.85. The van der Waals surface area contributed by atoms with E-state index in [1.54, 1.807) is 61.5 Å². The van der Waals surface area contributed by atoms with Gasteiger partial charge in [0.25, 0.3) is 11.8 Å². The molecule has 0 aromatic heterocycles. The molecule has 166 valence electrons. The molecule has 0 bridgehead atoms. The van der Waals surface area contributed by atoms with Gasteiger partial charge in [-0.3, -0.25) is 9.59 Å². The van der Waals surface area contributed by atoms with E-state index in [1.165, 1.54) is 13.2 Å². The van der Waals surface area contributed by atoms with E-state index in [9.17, 15) is 9.59 Å². The molecule has 3 rings (SSSR count). The topological polar surface area (TPSA) is 76.7 Å². The van der Waals surface area contributed by atoms with Gasteiger partial charge >= 0.3 is 0 Å². The van der Waals surface area contributed by atoms with Crippen molar-refractivity contribution in [1.82, 2.24) is 0 Å². The lowest BCUT2D eigenvalue weighted by Crippen LogP contribution is -2.30. The fourth-order valence-corrected chi connectivity index (χ4v) is 3.44. The zero-order valence-electron chi connectivity index (χ0n) is 17.1. The average molecular weight is 494 g/mol. The van der Waals surface area contributed by atoms with Crippen LogP contribution in [0.1, 0.15) is 17.3 Å². The van der Waals surface area contributed by atoms with E-state index in [0.29, 0.717) is 43.5 Å². The number of hydrogen-bond acceptors (Lipinski definition) is 4. The van der Waals surface area contributed by atoms with Gasteiger partial charge in [0, 0.05) is 16.8 Å². The summed E-state index contributed by atoms with van der Waals surface area (Å²) in [7, 11) is 1.46. The van der Waals surface area contributed by atoms with Crippen LogP contribution in [0.5, 0.6) is 11.5 Å². The Bertz CT molecular complexity index is 1150. The number of halogens is 3. The summed E-state index contributed by atoms with van der Waals surface area (Å²) in [4.78, 5) is 25.1. The molecule has 0 spiro atoms. The standard InChI is InChI=1S/C23H19Cl3N2O4/c1-13(32-20-10-7-14(24)11-18(20)26)22(29)27-15-8-9-19(21(12-15)31-2)28-23(30)16-5-3-4-6-17(16)25/h3-13H,1-2H3,(H,27,29)(H,28,30). The number of amides is 2. The second-order valence-corrected chi connectivity index (χ2v) is 7.92. The number of ether oxygens (including phenoxy) is 2. The van der Waals surface area contributed by atoms with E-state index < -0.39 is 12.0 Å². The van der Waals surface area contributed by atoms with Gasteiger partial charge in [-0.1, -0.05) is 46.9 Å². The van der Waals surface area contributed by atoms with Crippen LogP contribution >= 0.6 is 34.8 Å². The lowest BCUT2D eigenvalue weighted by molar-refractivity contribution is -0.122. The van der Waals surface area contributed by atoms with Crippen molar-refractivity contribution in [2.45, 2.75) is 13.0 Å². The van der Waals surface area contributed by atoms with Crippen LogP contribution < -0.4 is 20.1 Å². The summed E-state index contributed by atoms with van der Waals surface area (Å²) in [5.41, 5.74) is 1.22. The zero-order chi connectivity index (χ0) is 23.3. The monoisotopic (exact) mass is 492 g/mol. The Morgan fingerprint density at radius 2 is 1.62 bits per heavy atom. The number of methoxy groups -OCH3 is 1. The highest BCUT2D eigenvalue weighted by molar-refractivity contribution is 6.35. The summed E-state index contributed by atoms with van der Waals surface area (Å²) in [6, 6.07) is 16.3. The molecule has 2 N–H and O–H groups in total. The Morgan fingerprint density at radius 3 is 2.31 bits per heavy atom. The van der Waals surface area contributed by atoms with Gasteiger partial charge in [-0.15, -0.1) is 0 Å². The molecule has 9 heteroatoms. The third-order valence-electron chi connectivity index (χ3n) is 4.40. The van der Waals surface area contributed by atoms with Gasteiger partial charge < -0.3 is 20.1 Å². The summed E-state index contributed by atoms with van der Waals surface area (Å²) < 4.78 is 11.0. The molecule has 32 heavy (non-hydrogen) atoms. The van der Waals surface area contributed by atoms with E-state index in [4.69, 9.17) is 44.3 Å². The van der Waals surface area contributed by atoms with Crippen LogP contribution in [0, 0.1) is 0 Å². The number of anilines is 2. The maximum atomic E-state index is 12.5. The lowest BCUT2D eigenvalue weighted by Gasteiger charge is -2.17. The highest BCUT2D eigenvalue weighted by Gasteiger charge is 2.18. The Hall–Kier alpha value is -2.93. The molecule has 0 fully saturated rings. The highest BCUT2D eigenvalue weighted by atomic mass is 35.5. The van der Waals surface area contributed by atoms with Crippen LogP contribution in [0.15, 0.2) is 60.7 Å². The first-order valence-corrected chi connectivity index (χ1v) is 10.6. The molecule has 3 aromatic rings. The predicted molar refractivity (Wildman–Crippen MR) is 128 cm³/mol. The predicted octanol–water partition coefficient (Wildman–Crippen LogP) is 6.31. The van der Waals surface area contributed by atoms with Gasteiger partial charge in [-0.2, -0.15) is 0 Å². The molecule has 2 amide bonds. The molecule has 0 aliphatic carbocycles. The molecule has 3 aromatic carbocycles. The van der Waals surface area contributed by atoms with E-state index in [2.05, 4.69) is 10.6 Å². The second-order valence-electron chi connectivity index (χ2n) is 6.67. The molecule has 0 radical (unpaired) electrons. The van der Waals surface area contributed by atoms with Crippen molar-refractivity contribution < 1.29 is 19.1 Å². The minimum atomic E-state index is -0.834. The average Bonchev–Trinajstić information content (AvgIpc) is 2.76. The molecule has 0 aliphatic heterocycles. The van der Waals surface area contributed by atoms with Crippen LogP contribution in [0.4, 0.5) is 11.4 Å².